The lowest BCUT2D eigenvalue weighted by Crippen LogP contribution is -2.18. The molecule has 0 aromatic carbocycles. The molecule has 0 saturated carbocycles. The smallest absolute Gasteiger partial charge is 0.388 e. The maximum atomic E-state index is 12.4. The van der Waals surface area contributed by atoms with Crippen LogP contribution in [0.2, 0.25) is 5.02 Å². The highest BCUT2D eigenvalue weighted by Gasteiger charge is 2.32. The third-order valence-corrected chi connectivity index (χ3v) is 2.58. The Balaban J connectivity index is 3.14. The number of aromatic nitrogens is 1. The van der Waals surface area contributed by atoms with E-state index in [1.807, 2.05) is 0 Å². The molecule has 0 aliphatic carbocycles. The summed E-state index contributed by atoms with van der Waals surface area (Å²) >= 11 is 8.05. The van der Waals surface area contributed by atoms with Gasteiger partial charge >= 0.3 is 6.36 Å². The summed E-state index contributed by atoms with van der Waals surface area (Å²) in [7, 11) is 0. The third kappa shape index (κ3) is 3.44. The molecule has 9 heteroatoms. The number of rotatable bonds is 2. The molecule has 1 rings (SSSR count). The van der Waals surface area contributed by atoms with Crippen LogP contribution in [0.1, 0.15) is 12.0 Å². The Morgan fingerprint density at radius 2 is 1.94 bits per heavy atom. The molecule has 0 saturated heterocycles. The van der Waals surface area contributed by atoms with Crippen molar-refractivity contribution in [3.8, 4) is 5.88 Å². The summed E-state index contributed by atoms with van der Waals surface area (Å²) in [6.07, 6.45) is -8.03. The molecule has 0 bridgehead atoms. The van der Waals surface area contributed by atoms with Gasteiger partial charge in [-0.05, 0) is 15.9 Å². The maximum Gasteiger partial charge on any atom is 0.574 e. The summed E-state index contributed by atoms with van der Waals surface area (Å²) in [5.41, 5.74) is -0.789. The fourth-order valence-corrected chi connectivity index (χ4v) is 1.41. The number of nitrogens with zero attached hydrogens (tertiary/aromatic N) is 1. The molecule has 0 unspecified atom stereocenters. The molecule has 0 atom stereocenters. The molecule has 0 aliphatic rings. The van der Waals surface area contributed by atoms with Gasteiger partial charge in [-0.3, -0.25) is 0 Å². The monoisotopic (exact) mass is 325 g/mol. The number of hydrogen-bond donors (Lipinski definition) is 0. The molecule has 2 nitrogen and oxygen atoms in total. The predicted octanol–water partition coefficient (Wildman–Crippen LogP) is 4.33. The lowest BCUT2D eigenvalue weighted by Gasteiger charge is -2.11. The van der Waals surface area contributed by atoms with Gasteiger partial charge in [-0.2, -0.15) is 0 Å². The second kappa shape index (κ2) is 4.70. The van der Waals surface area contributed by atoms with Gasteiger partial charge in [0.1, 0.15) is 4.60 Å². The lowest BCUT2D eigenvalue weighted by molar-refractivity contribution is -0.276. The van der Waals surface area contributed by atoms with Crippen molar-refractivity contribution in [2.24, 2.45) is 0 Å². The highest BCUT2D eigenvalue weighted by Crippen LogP contribution is 2.35. The highest BCUT2D eigenvalue weighted by molar-refractivity contribution is 9.10. The first-order chi connectivity index (χ1) is 7.20. The van der Waals surface area contributed by atoms with E-state index in [4.69, 9.17) is 11.6 Å². The molecule has 0 radical (unpaired) electrons. The molecule has 1 aromatic rings. The third-order valence-electron chi connectivity index (χ3n) is 1.38. The molecular weight excluding hydrogens is 324 g/mol. The molecule has 0 fully saturated rings. The SMILES string of the molecule is FC(F)c1cc(OC(F)(F)F)nc(Br)c1Cl. The molecule has 16 heavy (non-hydrogen) atoms. The van der Waals surface area contributed by atoms with E-state index in [9.17, 15) is 22.0 Å². The van der Waals surface area contributed by atoms with Crippen LogP contribution in [-0.2, 0) is 0 Å². The summed E-state index contributed by atoms with van der Waals surface area (Å²) in [5.74, 6) is -1.00. The van der Waals surface area contributed by atoms with Crippen molar-refractivity contribution in [1.82, 2.24) is 4.98 Å². The molecule has 1 heterocycles. The van der Waals surface area contributed by atoms with Gasteiger partial charge in [0.2, 0.25) is 5.88 Å². The van der Waals surface area contributed by atoms with Crippen molar-refractivity contribution in [3.63, 3.8) is 0 Å². The molecule has 0 aliphatic heterocycles. The molecule has 0 N–H and O–H groups in total. The summed E-state index contributed by atoms with van der Waals surface area (Å²) in [6, 6.07) is 0.436. The Morgan fingerprint density at radius 3 is 2.38 bits per heavy atom. The quantitative estimate of drug-likeness (QED) is 0.596. The Morgan fingerprint density at radius 1 is 1.38 bits per heavy atom. The predicted molar refractivity (Wildman–Crippen MR) is 48.6 cm³/mol. The van der Waals surface area contributed by atoms with Gasteiger partial charge in [0.25, 0.3) is 6.43 Å². The fraction of sp³-hybridized carbons (Fsp3) is 0.286. The minimum absolute atomic E-state index is 0.341. The van der Waals surface area contributed by atoms with Crippen molar-refractivity contribution in [1.29, 1.82) is 0 Å². The fourth-order valence-electron chi connectivity index (χ4n) is 0.823. The van der Waals surface area contributed by atoms with Gasteiger partial charge < -0.3 is 4.74 Å². The second-order valence-corrected chi connectivity index (χ2v) is 3.63. The van der Waals surface area contributed by atoms with E-state index in [1.165, 1.54) is 0 Å². The minimum Gasteiger partial charge on any atom is -0.388 e. The van der Waals surface area contributed by atoms with Crippen molar-refractivity contribution in [2.45, 2.75) is 12.8 Å². The van der Waals surface area contributed by atoms with Crippen LogP contribution >= 0.6 is 27.5 Å². The highest BCUT2D eigenvalue weighted by atomic mass is 79.9. The van der Waals surface area contributed by atoms with E-state index in [0.717, 1.165) is 0 Å². The lowest BCUT2D eigenvalue weighted by atomic mass is 10.3. The van der Waals surface area contributed by atoms with Gasteiger partial charge in [-0.15, -0.1) is 13.2 Å². The minimum atomic E-state index is -5.00. The van der Waals surface area contributed by atoms with E-state index in [0.29, 0.717) is 6.07 Å². The number of alkyl halides is 5. The number of hydrogen-bond acceptors (Lipinski definition) is 2. The number of halogens is 7. The van der Waals surface area contributed by atoms with E-state index in [1.54, 1.807) is 0 Å². The van der Waals surface area contributed by atoms with Gasteiger partial charge in [0, 0.05) is 11.6 Å². The zero-order chi connectivity index (χ0) is 12.5. The van der Waals surface area contributed by atoms with Crippen LogP contribution in [0, 0.1) is 0 Å². The first-order valence-electron chi connectivity index (χ1n) is 3.60. The van der Waals surface area contributed by atoms with Crippen LogP contribution in [0.25, 0.3) is 0 Å². The summed E-state index contributed by atoms with van der Waals surface area (Å²) < 4.78 is 63.2. The van der Waals surface area contributed by atoms with Crippen molar-refractivity contribution < 1.29 is 26.7 Å². The van der Waals surface area contributed by atoms with E-state index < -0.39 is 29.3 Å². The van der Waals surface area contributed by atoms with Crippen LogP contribution < -0.4 is 4.74 Å². The summed E-state index contributed by atoms with van der Waals surface area (Å²) in [5, 5.41) is -0.454. The zero-order valence-corrected chi connectivity index (χ0v) is 9.50. The molecule has 90 valence electrons. The van der Waals surface area contributed by atoms with Crippen molar-refractivity contribution in [3.05, 3.63) is 21.3 Å². The Hall–Kier alpha value is -0.630. The summed E-state index contributed by atoms with van der Waals surface area (Å²) in [4.78, 5) is 3.21. The van der Waals surface area contributed by atoms with Gasteiger partial charge in [-0.25, -0.2) is 13.8 Å². The van der Waals surface area contributed by atoms with Gasteiger partial charge in [-0.1, -0.05) is 11.6 Å². The Bertz CT molecular complexity index is 397. The maximum absolute atomic E-state index is 12.4. The van der Waals surface area contributed by atoms with E-state index in [-0.39, 0.29) is 4.60 Å². The molecule has 0 amide bonds. The average Bonchev–Trinajstić information content (AvgIpc) is 2.07. The first kappa shape index (κ1) is 13.4. The van der Waals surface area contributed by atoms with Crippen molar-refractivity contribution in [2.75, 3.05) is 0 Å². The van der Waals surface area contributed by atoms with E-state index in [2.05, 4.69) is 25.7 Å². The Kier molecular flexibility index (Phi) is 3.95. The molecular formula is C7H2BrClF5NO. The standard InChI is InChI=1S/C7H2BrClF5NO/c8-5-4(9)2(6(10)11)1-3(15-5)16-7(12,13)14/h1,6H. The van der Waals surface area contributed by atoms with Crippen LogP contribution in [0.3, 0.4) is 0 Å². The number of ether oxygens (including phenoxy) is 1. The summed E-state index contributed by atoms with van der Waals surface area (Å²) in [6.45, 7) is 0. The molecule has 0 spiro atoms. The number of pyridine rings is 1. The second-order valence-electron chi connectivity index (χ2n) is 2.50. The van der Waals surface area contributed by atoms with Crippen LogP contribution in [-0.4, -0.2) is 11.3 Å². The van der Waals surface area contributed by atoms with Crippen LogP contribution in [0.5, 0.6) is 5.88 Å². The largest absolute Gasteiger partial charge is 0.574 e. The zero-order valence-electron chi connectivity index (χ0n) is 7.16. The van der Waals surface area contributed by atoms with Crippen molar-refractivity contribution >= 4 is 27.5 Å². The van der Waals surface area contributed by atoms with Crippen LogP contribution in [0.4, 0.5) is 22.0 Å². The Labute approximate surface area is 99.5 Å². The average molecular weight is 326 g/mol. The van der Waals surface area contributed by atoms with Gasteiger partial charge in [0.05, 0.1) is 5.02 Å². The molecule has 1 aromatic heterocycles. The van der Waals surface area contributed by atoms with E-state index >= 15 is 0 Å². The topological polar surface area (TPSA) is 22.1 Å². The van der Waals surface area contributed by atoms with Gasteiger partial charge in [0.15, 0.2) is 0 Å². The first-order valence-corrected chi connectivity index (χ1v) is 4.77. The van der Waals surface area contributed by atoms with Crippen LogP contribution in [0.15, 0.2) is 10.7 Å². The normalized spacial score (nSPS) is 12.0.